The highest BCUT2D eigenvalue weighted by molar-refractivity contribution is 6.30. The Morgan fingerprint density at radius 3 is 2.46 bits per heavy atom. The summed E-state index contributed by atoms with van der Waals surface area (Å²) in [5.41, 5.74) is 4.03. The Balaban J connectivity index is 1.09. The molecule has 0 bridgehead atoms. The first-order valence-corrected chi connectivity index (χ1v) is 16.9. The summed E-state index contributed by atoms with van der Waals surface area (Å²) in [6.45, 7) is 2.37. The fraction of sp³-hybridized carbons (Fsp3) is 0.444. The Kier molecular flexibility index (Phi) is 10.8. The van der Waals surface area contributed by atoms with Crippen LogP contribution in [0.25, 0.3) is 0 Å². The second-order valence-corrected chi connectivity index (χ2v) is 13.2. The number of nitrogens with zero attached hydrogens (tertiary/aromatic N) is 3. The molecule has 12 heteroatoms. The lowest BCUT2D eigenvalue weighted by Crippen LogP contribution is -2.55. The molecule has 0 radical (unpaired) electrons. The van der Waals surface area contributed by atoms with Crippen LogP contribution in [0.5, 0.6) is 5.75 Å². The minimum absolute atomic E-state index is 0.111. The molecule has 0 saturated carbocycles. The SMILES string of the molecule is O=C(CC1NCc2ccccc21)NC(Cc1ccc(Cl)cc1)C(=O)N1CCN(c2ccccc2OC2CCCN(CC(F)(F)F)C2)CC1. The van der Waals surface area contributed by atoms with Gasteiger partial charge in [0.2, 0.25) is 11.8 Å². The van der Waals surface area contributed by atoms with Crippen molar-refractivity contribution < 1.29 is 27.5 Å². The van der Waals surface area contributed by atoms with Crippen LogP contribution in [0.4, 0.5) is 18.9 Å². The summed E-state index contributed by atoms with van der Waals surface area (Å²) in [5.74, 6) is 0.290. The van der Waals surface area contributed by atoms with E-state index in [0.717, 1.165) is 16.8 Å². The van der Waals surface area contributed by atoms with Crippen LogP contribution in [0.1, 0.15) is 42.0 Å². The molecule has 256 valence electrons. The third kappa shape index (κ3) is 8.80. The van der Waals surface area contributed by atoms with Gasteiger partial charge < -0.3 is 25.2 Å². The number of amides is 2. The minimum Gasteiger partial charge on any atom is -0.487 e. The van der Waals surface area contributed by atoms with E-state index in [1.807, 2.05) is 54.6 Å². The Morgan fingerprint density at radius 2 is 1.69 bits per heavy atom. The maximum absolute atomic E-state index is 14.0. The molecule has 0 spiro atoms. The maximum atomic E-state index is 14.0. The van der Waals surface area contributed by atoms with Crippen molar-refractivity contribution >= 4 is 29.1 Å². The number of nitrogens with one attached hydrogen (secondary N) is 2. The molecule has 3 aromatic rings. The van der Waals surface area contributed by atoms with Crippen LogP contribution >= 0.6 is 11.6 Å². The second kappa shape index (κ2) is 15.2. The average molecular weight is 684 g/mol. The number of hydrogen-bond acceptors (Lipinski definition) is 6. The summed E-state index contributed by atoms with van der Waals surface area (Å²) in [6, 6.07) is 22.0. The summed E-state index contributed by atoms with van der Waals surface area (Å²) in [5, 5.41) is 7.04. The van der Waals surface area contributed by atoms with E-state index in [2.05, 4.69) is 21.6 Å². The quantitative estimate of drug-likeness (QED) is 0.300. The molecule has 6 rings (SSSR count). The van der Waals surface area contributed by atoms with Gasteiger partial charge in [-0.2, -0.15) is 13.2 Å². The van der Waals surface area contributed by atoms with Gasteiger partial charge in [-0.1, -0.05) is 60.1 Å². The Morgan fingerprint density at radius 1 is 0.958 bits per heavy atom. The molecule has 0 aliphatic carbocycles. The number of halogens is 4. The normalized spacial score (nSPS) is 20.7. The molecule has 3 aliphatic rings. The van der Waals surface area contributed by atoms with Gasteiger partial charge >= 0.3 is 6.18 Å². The van der Waals surface area contributed by atoms with Crippen molar-refractivity contribution in [3.05, 3.63) is 94.5 Å². The van der Waals surface area contributed by atoms with Gasteiger partial charge in [-0.3, -0.25) is 14.5 Å². The Bertz CT molecular complexity index is 1560. The number of fused-ring (bicyclic) bond motifs is 1. The number of alkyl halides is 3. The van der Waals surface area contributed by atoms with Crippen molar-refractivity contribution in [2.24, 2.45) is 0 Å². The molecular weight excluding hydrogens is 643 g/mol. The van der Waals surface area contributed by atoms with Gasteiger partial charge in [0.05, 0.1) is 12.2 Å². The highest BCUT2D eigenvalue weighted by Gasteiger charge is 2.35. The number of piperazine rings is 1. The zero-order valence-electron chi connectivity index (χ0n) is 26.7. The number of ether oxygens (including phenoxy) is 1. The lowest BCUT2D eigenvalue weighted by molar-refractivity contribution is -0.150. The van der Waals surface area contributed by atoms with Crippen molar-refractivity contribution in [1.82, 2.24) is 20.4 Å². The summed E-state index contributed by atoms with van der Waals surface area (Å²) >= 11 is 6.10. The first kappa shape index (κ1) is 34.1. The first-order chi connectivity index (χ1) is 23.1. The van der Waals surface area contributed by atoms with Crippen LogP contribution in [0.2, 0.25) is 5.02 Å². The number of rotatable bonds is 10. The Labute approximate surface area is 284 Å². The third-order valence-electron chi connectivity index (χ3n) is 9.30. The minimum atomic E-state index is -4.24. The maximum Gasteiger partial charge on any atom is 0.401 e. The fourth-order valence-electron chi connectivity index (χ4n) is 6.95. The molecule has 2 amide bonds. The molecule has 0 aromatic heterocycles. The standard InChI is InChI=1S/C36H41ClF3N5O3/c37-27-13-11-25(12-14-27)20-31(42-34(46)21-30-29-8-2-1-6-26(29)22-41-30)35(47)45-18-16-44(17-19-45)32-9-3-4-10-33(32)48-28-7-5-15-43(23-28)24-36(38,39)40/h1-4,6,8-14,28,30-31,41H,5,7,15-24H2,(H,42,46). The summed E-state index contributed by atoms with van der Waals surface area (Å²) in [4.78, 5) is 32.7. The molecular formula is C36H41ClF3N5O3. The largest absolute Gasteiger partial charge is 0.487 e. The van der Waals surface area contributed by atoms with Crippen molar-refractivity contribution in [1.29, 1.82) is 0 Å². The molecule has 3 aromatic carbocycles. The molecule has 3 unspecified atom stereocenters. The lowest BCUT2D eigenvalue weighted by Gasteiger charge is -2.39. The highest BCUT2D eigenvalue weighted by Crippen LogP contribution is 2.32. The topological polar surface area (TPSA) is 77.2 Å². The molecule has 8 nitrogen and oxygen atoms in total. The predicted molar refractivity (Wildman–Crippen MR) is 179 cm³/mol. The monoisotopic (exact) mass is 683 g/mol. The molecule has 3 atom stereocenters. The van der Waals surface area contributed by atoms with Gasteiger partial charge in [0.1, 0.15) is 17.9 Å². The fourth-order valence-corrected chi connectivity index (χ4v) is 7.07. The van der Waals surface area contributed by atoms with E-state index in [0.29, 0.717) is 69.3 Å². The van der Waals surface area contributed by atoms with Crippen molar-refractivity contribution in [2.75, 3.05) is 50.7 Å². The van der Waals surface area contributed by atoms with E-state index < -0.39 is 18.8 Å². The van der Waals surface area contributed by atoms with E-state index in [4.69, 9.17) is 16.3 Å². The smallest absolute Gasteiger partial charge is 0.401 e. The zero-order valence-corrected chi connectivity index (χ0v) is 27.5. The predicted octanol–water partition coefficient (Wildman–Crippen LogP) is 5.36. The van der Waals surface area contributed by atoms with Gasteiger partial charge in [0.15, 0.2) is 0 Å². The van der Waals surface area contributed by atoms with Crippen molar-refractivity contribution in [3.8, 4) is 5.75 Å². The van der Waals surface area contributed by atoms with Gasteiger partial charge in [0, 0.05) is 63.2 Å². The van der Waals surface area contributed by atoms with Gasteiger partial charge in [0.25, 0.3) is 0 Å². The van der Waals surface area contributed by atoms with Crippen LogP contribution in [0, 0.1) is 0 Å². The number of anilines is 1. The van der Waals surface area contributed by atoms with Crippen LogP contribution in [-0.2, 0) is 22.6 Å². The number of carbonyl (C=O) groups is 2. The van der Waals surface area contributed by atoms with E-state index >= 15 is 0 Å². The number of likely N-dealkylation sites (tertiary alicyclic amines) is 1. The van der Waals surface area contributed by atoms with Crippen LogP contribution in [0.15, 0.2) is 72.8 Å². The summed E-state index contributed by atoms with van der Waals surface area (Å²) in [6.07, 6.45) is -2.69. The van der Waals surface area contributed by atoms with Crippen LogP contribution in [-0.4, -0.2) is 85.7 Å². The number of piperidine rings is 1. The molecule has 2 saturated heterocycles. The van der Waals surface area contributed by atoms with E-state index in [1.54, 1.807) is 17.0 Å². The number of para-hydroxylation sites is 2. The van der Waals surface area contributed by atoms with Crippen molar-refractivity contribution in [2.45, 2.75) is 56.6 Å². The number of benzene rings is 3. The third-order valence-corrected chi connectivity index (χ3v) is 9.55. The second-order valence-electron chi connectivity index (χ2n) is 12.8. The lowest BCUT2D eigenvalue weighted by atomic mass is 10.0. The highest BCUT2D eigenvalue weighted by atomic mass is 35.5. The number of carbonyl (C=O) groups excluding carboxylic acids is 2. The molecule has 3 aliphatic heterocycles. The first-order valence-electron chi connectivity index (χ1n) is 16.5. The molecule has 48 heavy (non-hydrogen) atoms. The Hall–Kier alpha value is -3.80. The summed E-state index contributed by atoms with van der Waals surface area (Å²) < 4.78 is 45.3. The summed E-state index contributed by atoms with van der Waals surface area (Å²) in [7, 11) is 0. The van der Waals surface area contributed by atoms with Gasteiger partial charge in [-0.15, -0.1) is 0 Å². The molecule has 2 N–H and O–H groups in total. The average Bonchev–Trinajstić information content (AvgIpc) is 3.47. The van der Waals surface area contributed by atoms with Gasteiger partial charge in [-0.25, -0.2) is 0 Å². The van der Waals surface area contributed by atoms with Crippen LogP contribution in [0.3, 0.4) is 0 Å². The zero-order chi connectivity index (χ0) is 33.7. The molecule has 3 heterocycles. The van der Waals surface area contributed by atoms with Crippen molar-refractivity contribution in [3.63, 3.8) is 0 Å². The van der Waals surface area contributed by atoms with E-state index in [9.17, 15) is 22.8 Å². The van der Waals surface area contributed by atoms with E-state index in [-0.39, 0.29) is 36.9 Å². The van der Waals surface area contributed by atoms with Gasteiger partial charge in [-0.05, 0) is 60.3 Å². The van der Waals surface area contributed by atoms with Crippen LogP contribution < -0.4 is 20.3 Å². The molecule has 2 fully saturated rings. The van der Waals surface area contributed by atoms with E-state index in [1.165, 1.54) is 10.5 Å². The number of hydrogen-bond donors (Lipinski definition) is 2.